The zero-order valence-electron chi connectivity index (χ0n) is 25.1. The van der Waals surface area contributed by atoms with Crippen LogP contribution in [-0.2, 0) is 0 Å². The third-order valence-electron chi connectivity index (χ3n) is 8.99. The minimum absolute atomic E-state index is 1.27. The third kappa shape index (κ3) is 6.30. The predicted octanol–water partition coefficient (Wildman–Crippen LogP) is 6.18. The molecule has 0 aromatic heterocycles. The normalized spacial score (nSPS) is 11.6. The summed E-state index contributed by atoms with van der Waals surface area (Å²) in [6, 6.07) is 36.4. The van der Waals surface area contributed by atoms with E-state index in [0.717, 1.165) is 0 Å². The third-order valence-corrected chi connectivity index (χ3v) is 8.99. The molecule has 4 aromatic rings. The van der Waals surface area contributed by atoms with E-state index in [4.69, 9.17) is 0 Å². The fraction of sp³-hybridized carbons (Fsp3) is 0.333. The van der Waals surface area contributed by atoms with Crippen molar-refractivity contribution in [3.05, 3.63) is 119 Å². The van der Waals surface area contributed by atoms with Gasteiger partial charge < -0.3 is 4.48 Å². The van der Waals surface area contributed by atoms with Gasteiger partial charge in [0.2, 0.25) is 0 Å². The van der Waals surface area contributed by atoms with E-state index in [-0.39, 0.29) is 0 Å². The quantitative estimate of drug-likeness (QED) is 0.198. The summed E-state index contributed by atoms with van der Waals surface area (Å²) in [6.45, 7) is 22.8. The fourth-order valence-corrected chi connectivity index (χ4v) is 5.92. The highest BCUT2D eigenvalue weighted by molar-refractivity contribution is 7.19. The van der Waals surface area contributed by atoms with Crippen molar-refractivity contribution in [3.63, 3.8) is 0 Å². The maximum Gasteiger partial charge on any atom is 0.108 e. The Hall–Kier alpha value is -3.10. The summed E-state index contributed by atoms with van der Waals surface area (Å²) in [5.41, 5.74) is 10.6. The van der Waals surface area contributed by atoms with Crippen LogP contribution in [0.25, 0.3) is 0 Å². The zero-order valence-corrected chi connectivity index (χ0v) is 25.1. The van der Waals surface area contributed by atoms with Gasteiger partial charge in [-0.1, -0.05) is 119 Å². The van der Waals surface area contributed by atoms with Gasteiger partial charge in [0, 0.05) is 0 Å². The number of hydrogen-bond acceptors (Lipinski definition) is 0. The average molecular weight is 506 g/mol. The van der Waals surface area contributed by atoms with Crippen molar-refractivity contribution in [1.29, 1.82) is 0 Å². The molecule has 2 heteroatoms. The van der Waals surface area contributed by atoms with E-state index < -0.39 is 6.15 Å². The van der Waals surface area contributed by atoms with Gasteiger partial charge >= 0.3 is 0 Å². The summed E-state index contributed by atoms with van der Waals surface area (Å²) in [7, 11) is 0. The number of quaternary nitrogens is 1. The summed E-state index contributed by atoms with van der Waals surface area (Å²) < 4.78 is 1.28. The Labute approximate surface area is 233 Å². The Kier molecular flexibility index (Phi) is 10.2. The van der Waals surface area contributed by atoms with E-state index in [1.807, 2.05) is 0 Å². The second-order valence-electron chi connectivity index (χ2n) is 11.1. The molecule has 0 radical (unpaired) electrons. The van der Waals surface area contributed by atoms with E-state index in [1.165, 1.54) is 74.8 Å². The monoisotopic (exact) mass is 505 g/mol. The smallest absolute Gasteiger partial charge is 0.108 e. The molecule has 0 aliphatic heterocycles. The Morgan fingerprint density at radius 1 is 0.368 bits per heavy atom. The first-order valence-electron chi connectivity index (χ1n) is 14.5. The molecule has 0 bridgehead atoms. The maximum atomic E-state index is 2.31. The standard InChI is InChI=1S/C28H28B.C8H20N/c1-21-5-13-25(14-6-21)29(26-15-7-22(2)8-16-26,27-17-9-23(3)10-18-27)28-19-11-24(4)12-20-28;1-5-9(6-2,7-3)8-4/h5-20H,1-4H3;5-8H2,1-4H3/q-1;+1. The van der Waals surface area contributed by atoms with Gasteiger partial charge in [0.05, 0.1) is 26.2 Å². The molecule has 4 aromatic carbocycles. The van der Waals surface area contributed by atoms with E-state index in [9.17, 15) is 0 Å². The molecule has 0 fully saturated rings. The average Bonchev–Trinajstić information content (AvgIpc) is 2.95. The topological polar surface area (TPSA) is 0 Å². The van der Waals surface area contributed by atoms with Crippen LogP contribution in [0, 0.1) is 27.7 Å². The lowest BCUT2D eigenvalue weighted by molar-refractivity contribution is -0.921. The maximum absolute atomic E-state index is 2.31. The molecular weight excluding hydrogens is 457 g/mol. The van der Waals surface area contributed by atoms with Crippen LogP contribution >= 0.6 is 0 Å². The van der Waals surface area contributed by atoms with Crippen LogP contribution in [-0.4, -0.2) is 36.8 Å². The number of hydrogen-bond donors (Lipinski definition) is 0. The summed E-state index contributed by atoms with van der Waals surface area (Å²) in [4.78, 5) is 0. The Morgan fingerprint density at radius 2 is 0.553 bits per heavy atom. The van der Waals surface area contributed by atoms with Gasteiger partial charge in [-0.3, -0.25) is 0 Å². The summed E-state index contributed by atoms with van der Waals surface area (Å²) in [5, 5.41) is 0. The number of benzene rings is 4. The van der Waals surface area contributed by atoms with Crippen molar-refractivity contribution >= 4 is 28.0 Å². The predicted molar refractivity (Wildman–Crippen MR) is 171 cm³/mol. The van der Waals surface area contributed by atoms with Gasteiger partial charge in [-0.15, -0.1) is 0 Å². The van der Waals surface area contributed by atoms with E-state index >= 15 is 0 Å². The highest BCUT2D eigenvalue weighted by Gasteiger charge is 2.31. The first-order chi connectivity index (χ1) is 18.2. The summed E-state index contributed by atoms with van der Waals surface area (Å²) in [5.74, 6) is 0. The van der Waals surface area contributed by atoms with Crippen LogP contribution in [0.3, 0.4) is 0 Å². The second kappa shape index (κ2) is 13.1. The molecule has 0 unspecified atom stereocenters. The van der Waals surface area contributed by atoms with Crippen LogP contribution in [0.15, 0.2) is 97.1 Å². The fourth-order valence-electron chi connectivity index (χ4n) is 5.92. The van der Waals surface area contributed by atoms with Gasteiger partial charge in [-0.05, 0) is 55.4 Å². The molecule has 0 heterocycles. The number of aryl methyl sites for hydroxylation is 4. The molecule has 0 saturated carbocycles. The Balaban J connectivity index is 0.000000383. The molecule has 0 saturated heterocycles. The van der Waals surface area contributed by atoms with Crippen LogP contribution in [0.1, 0.15) is 49.9 Å². The van der Waals surface area contributed by atoms with Gasteiger partial charge in [0.25, 0.3) is 0 Å². The van der Waals surface area contributed by atoms with Crippen LogP contribution in [0.2, 0.25) is 0 Å². The SMILES string of the molecule is CC[N+](CC)(CC)CC.Cc1ccc([B-](c2ccc(C)cc2)(c2ccc(C)cc2)c2ccc(C)cc2)cc1. The molecule has 0 aliphatic carbocycles. The lowest BCUT2D eigenvalue weighted by Gasteiger charge is -2.44. The number of rotatable bonds is 8. The van der Waals surface area contributed by atoms with Gasteiger partial charge in [-0.25, -0.2) is 0 Å². The van der Waals surface area contributed by atoms with Crippen LogP contribution < -0.4 is 21.9 Å². The highest BCUT2D eigenvalue weighted by atomic mass is 15.3. The van der Waals surface area contributed by atoms with Crippen molar-refractivity contribution in [3.8, 4) is 0 Å². The lowest BCUT2D eigenvalue weighted by atomic mass is 9.13. The van der Waals surface area contributed by atoms with E-state index in [0.29, 0.717) is 0 Å². The van der Waals surface area contributed by atoms with Gasteiger partial charge in [-0.2, -0.15) is 21.9 Å². The lowest BCUT2D eigenvalue weighted by Crippen LogP contribution is -2.74. The van der Waals surface area contributed by atoms with Crippen molar-refractivity contribution in [2.75, 3.05) is 26.2 Å². The van der Waals surface area contributed by atoms with Gasteiger partial charge in [0.15, 0.2) is 0 Å². The molecule has 0 N–H and O–H groups in total. The highest BCUT2D eigenvalue weighted by Crippen LogP contribution is 2.12. The molecule has 0 spiro atoms. The van der Waals surface area contributed by atoms with Crippen molar-refractivity contribution in [2.24, 2.45) is 0 Å². The van der Waals surface area contributed by atoms with Crippen molar-refractivity contribution in [2.45, 2.75) is 55.4 Å². The second-order valence-corrected chi connectivity index (χ2v) is 11.1. The molecule has 38 heavy (non-hydrogen) atoms. The zero-order chi connectivity index (χ0) is 27.8. The molecular formula is C36H48BN. The minimum atomic E-state index is -1.27. The number of nitrogens with zero attached hydrogens (tertiary/aromatic N) is 1. The molecule has 4 rings (SSSR count). The van der Waals surface area contributed by atoms with E-state index in [1.54, 1.807) is 0 Å². The molecule has 0 aliphatic rings. The summed E-state index contributed by atoms with van der Waals surface area (Å²) >= 11 is 0. The van der Waals surface area contributed by atoms with Crippen LogP contribution in [0.5, 0.6) is 0 Å². The Bertz CT molecular complexity index is 1040. The molecule has 0 amide bonds. The first-order valence-corrected chi connectivity index (χ1v) is 14.5. The molecule has 0 atom stereocenters. The minimum Gasteiger partial charge on any atom is -0.325 e. The largest absolute Gasteiger partial charge is 0.325 e. The van der Waals surface area contributed by atoms with E-state index in [2.05, 4.69) is 152 Å². The van der Waals surface area contributed by atoms with Crippen molar-refractivity contribution in [1.82, 2.24) is 0 Å². The van der Waals surface area contributed by atoms with Crippen LogP contribution in [0.4, 0.5) is 0 Å². The summed E-state index contributed by atoms with van der Waals surface area (Å²) in [6.07, 6.45) is -1.27. The first kappa shape index (κ1) is 29.5. The van der Waals surface area contributed by atoms with Gasteiger partial charge in [0.1, 0.15) is 6.15 Å². The molecule has 200 valence electrons. The van der Waals surface area contributed by atoms with Crippen molar-refractivity contribution < 1.29 is 4.48 Å². The molecule has 1 nitrogen and oxygen atoms in total. The Morgan fingerprint density at radius 3 is 0.684 bits per heavy atom.